The molecular weight excluding hydrogens is 300 g/mol. The van der Waals surface area contributed by atoms with E-state index in [1.165, 1.54) is 5.69 Å². The fourth-order valence-electron chi connectivity index (χ4n) is 4.04. The van der Waals surface area contributed by atoms with Crippen LogP contribution in [-0.4, -0.2) is 40.0 Å². The summed E-state index contributed by atoms with van der Waals surface area (Å²) in [4.78, 5) is 21.9. The van der Waals surface area contributed by atoms with E-state index in [2.05, 4.69) is 44.6 Å². The van der Waals surface area contributed by atoms with Gasteiger partial charge in [-0.15, -0.1) is 0 Å². The van der Waals surface area contributed by atoms with Crippen molar-refractivity contribution >= 4 is 11.7 Å². The molecule has 0 unspecified atom stereocenters. The number of fused-ring (bicyclic) bond motifs is 1. The quantitative estimate of drug-likeness (QED) is 0.853. The van der Waals surface area contributed by atoms with Gasteiger partial charge in [-0.05, 0) is 44.0 Å². The van der Waals surface area contributed by atoms with Crippen LogP contribution in [0.3, 0.4) is 0 Å². The van der Waals surface area contributed by atoms with Crippen LogP contribution in [-0.2, 0) is 11.3 Å². The highest BCUT2D eigenvalue weighted by Gasteiger charge is 2.34. The lowest BCUT2D eigenvalue weighted by Gasteiger charge is -2.40. The molecule has 1 saturated heterocycles. The van der Waals surface area contributed by atoms with Gasteiger partial charge in [-0.3, -0.25) is 4.79 Å². The molecule has 0 spiro atoms. The van der Waals surface area contributed by atoms with Gasteiger partial charge in [0.15, 0.2) is 0 Å². The Balaban J connectivity index is 1.48. The number of amides is 1. The van der Waals surface area contributed by atoms with Crippen LogP contribution in [0.4, 0.5) is 5.82 Å². The van der Waals surface area contributed by atoms with Gasteiger partial charge in [-0.1, -0.05) is 6.07 Å². The van der Waals surface area contributed by atoms with Crippen molar-refractivity contribution in [3.05, 3.63) is 48.4 Å². The first kappa shape index (κ1) is 15.2. The van der Waals surface area contributed by atoms with Crippen molar-refractivity contribution in [2.24, 2.45) is 5.92 Å². The number of carbonyl (C=O) groups is 1. The number of aromatic nitrogens is 2. The number of hydrogen-bond acceptors (Lipinski definition) is 3. The number of anilines is 1. The Morgan fingerprint density at radius 3 is 2.92 bits per heavy atom. The number of nitrogens with zero attached hydrogens (tertiary/aromatic N) is 4. The Morgan fingerprint density at radius 1 is 1.17 bits per heavy atom. The molecule has 1 fully saturated rings. The highest BCUT2D eigenvalue weighted by Crippen LogP contribution is 2.29. The first-order valence-corrected chi connectivity index (χ1v) is 8.85. The summed E-state index contributed by atoms with van der Waals surface area (Å²) in [5.41, 5.74) is 1.24. The molecule has 4 heterocycles. The molecular formula is C19H24N4O. The fourth-order valence-corrected chi connectivity index (χ4v) is 4.04. The van der Waals surface area contributed by atoms with E-state index in [-0.39, 0.29) is 12.0 Å². The molecule has 5 heteroatoms. The van der Waals surface area contributed by atoms with E-state index in [0.717, 1.165) is 44.8 Å². The summed E-state index contributed by atoms with van der Waals surface area (Å²) >= 11 is 0. The van der Waals surface area contributed by atoms with E-state index in [1.54, 1.807) is 0 Å². The largest absolute Gasteiger partial charge is 0.356 e. The average Bonchev–Trinajstić information content (AvgIpc) is 3.12. The third kappa shape index (κ3) is 2.68. The van der Waals surface area contributed by atoms with Gasteiger partial charge in [-0.25, -0.2) is 4.98 Å². The summed E-state index contributed by atoms with van der Waals surface area (Å²) in [6, 6.07) is 10.3. The maximum atomic E-state index is 13.1. The molecule has 2 aliphatic heterocycles. The molecule has 0 saturated carbocycles. The van der Waals surface area contributed by atoms with Crippen molar-refractivity contribution in [3.8, 4) is 0 Å². The highest BCUT2D eigenvalue weighted by atomic mass is 16.2. The van der Waals surface area contributed by atoms with E-state index >= 15 is 0 Å². The van der Waals surface area contributed by atoms with Crippen LogP contribution in [0, 0.1) is 5.92 Å². The van der Waals surface area contributed by atoms with Crippen LogP contribution in [0.25, 0.3) is 0 Å². The Bertz CT molecular complexity index is 711. The summed E-state index contributed by atoms with van der Waals surface area (Å²) in [5, 5.41) is 0. The second kappa shape index (κ2) is 6.30. The van der Waals surface area contributed by atoms with Gasteiger partial charge in [0.2, 0.25) is 5.91 Å². The maximum Gasteiger partial charge on any atom is 0.228 e. The van der Waals surface area contributed by atoms with Gasteiger partial charge in [0, 0.05) is 44.3 Å². The molecule has 5 nitrogen and oxygen atoms in total. The van der Waals surface area contributed by atoms with Crippen LogP contribution in [0.1, 0.15) is 31.5 Å². The summed E-state index contributed by atoms with van der Waals surface area (Å²) in [6.07, 6.45) is 5.96. The minimum absolute atomic E-state index is 0.0738. The molecule has 126 valence electrons. The van der Waals surface area contributed by atoms with Crippen molar-refractivity contribution in [3.63, 3.8) is 0 Å². The number of carbonyl (C=O) groups excluding carboxylic acids is 1. The second-order valence-electron chi connectivity index (χ2n) is 6.81. The highest BCUT2D eigenvalue weighted by molar-refractivity contribution is 5.80. The van der Waals surface area contributed by atoms with E-state index in [1.807, 2.05) is 24.4 Å². The van der Waals surface area contributed by atoms with Gasteiger partial charge in [0.05, 0.1) is 12.0 Å². The lowest BCUT2D eigenvalue weighted by molar-refractivity contribution is -0.139. The third-order valence-electron chi connectivity index (χ3n) is 5.37. The molecule has 0 bridgehead atoms. The van der Waals surface area contributed by atoms with Crippen molar-refractivity contribution in [1.82, 2.24) is 14.5 Å². The van der Waals surface area contributed by atoms with Gasteiger partial charge >= 0.3 is 0 Å². The normalized spacial score (nSPS) is 23.9. The summed E-state index contributed by atoms with van der Waals surface area (Å²) in [5.74, 6) is 1.36. The van der Waals surface area contributed by atoms with Crippen LogP contribution >= 0.6 is 0 Å². The molecule has 24 heavy (non-hydrogen) atoms. The monoisotopic (exact) mass is 324 g/mol. The topological polar surface area (TPSA) is 41.4 Å². The van der Waals surface area contributed by atoms with Crippen molar-refractivity contribution in [2.75, 3.05) is 24.5 Å². The van der Waals surface area contributed by atoms with Crippen molar-refractivity contribution < 1.29 is 4.79 Å². The number of rotatable bonds is 2. The van der Waals surface area contributed by atoms with Gasteiger partial charge in [0.1, 0.15) is 5.82 Å². The average molecular weight is 324 g/mol. The number of piperidine rings is 1. The molecule has 0 aliphatic carbocycles. The molecule has 2 aromatic rings. The zero-order chi connectivity index (χ0) is 16.5. The van der Waals surface area contributed by atoms with Gasteiger partial charge in [-0.2, -0.15) is 0 Å². The lowest BCUT2D eigenvalue weighted by atomic mass is 9.95. The molecule has 2 aromatic heterocycles. The third-order valence-corrected chi connectivity index (χ3v) is 5.37. The van der Waals surface area contributed by atoms with Crippen molar-refractivity contribution in [1.29, 1.82) is 0 Å². The summed E-state index contributed by atoms with van der Waals surface area (Å²) in [7, 11) is 0. The predicted molar refractivity (Wildman–Crippen MR) is 93.7 cm³/mol. The molecule has 4 rings (SSSR count). The Morgan fingerprint density at radius 2 is 2.08 bits per heavy atom. The van der Waals surface area contributed by atoms with Crippen molar-refractivity contribution in [2.45, 2.75) is 32.4 Å². The standard InChI is InChI=1S/C19H24N4O/c1-15-17-7-5-10-21(17)12-13-23(15)19(24)16-6-4-11-22(14-16)18-8-2-3-9-20-18/h2-3,5,7-10,15-16H,4,6,11-14H2,1H3/t15-,16-/m0/s1. The zero-order valence-corrected chi connectivity index (χ0v) is 14.1. The van der Waals surface area contributed by atoms with E-state index in [4.69, 9.17) is 0 Å². The fraction of sp³-hybridized carbons (Fsp3) is 0.474. The first-order valence-electron chi connectivity index (χ1n) is 8.85. The zero-order valence-electron chi connectivity index (χ0n) is 14.1. The predicted octanol–water partition coefficient (Wildman–Crippen LogP) is 2.70. The van der Waals surface area contributed by atoms with Gasteiger partial charge in [0.25, 0.3) is 0 Å². The van der Waals surface area contributed by atoms with Crippen LogP contribution < -0.4 is 4.90 Å². The molecule has 2 atom stereocenters. The molecule has 2 aliphatic rings. The van der Waals surface area contributed by atoms with E-state index < -0.39 is 0 Å². The first-order chi connectivity index (χ1) is 11.7. The Kier molecular flexibility index (Phi) is 4.00. The molecule has 0 N–H and O–H groups in total. The number of pyridine rings is 1. The Labute approximate surface area is 142 Å². The molecule has 0 aromatic carbocycles. The maximum absolute atomic E-state index is 13.1. The van der Waals surface area contributed by atoms with E-state index in [9.17, 15) is 4.79 Å². The van der Waals surface area contributed by atoms with Crippen LogP contribution in [0.5, 0.6) is 0 Å². The smallest absolute Gasteiger partial charge is 0.228 e. The minimum Gasteiger partial charge on any atom is -0.356 e. The molecule has 0 radical (unpaired) electrons. The minimum atomic E-state index is 0.0738. The number of hydrogen-bond donors (Lipinski definition) is 0. The lowest BCUT2D eigenvalue weighted by Crippen LogP contribution is -2.48. The van der Waals surface area contributed by atoms with Crippen LogP contribution in [0.15, 0.2) is 42.7 Å². The Hall–Kier alpha value is -2.30. The van der Waals surface area contributed by atoms with Gasteiger partial charge < -0.3 is 14.4 Å². The second-order valence-corrected chi connectivity index (χ2v) is 6.81. The van der Waals surface area contributed by atoms with Crippen LogP contribution in [0.2, 0.25) is 0 Å². The summed E-state index contributed by atoms with van der Waals surface area (Å²) < 4.78 is 2.26. The van der Waals surface area contributed by atoms with E-state index in [0.29, 0.717) is 5.91 Å². The summed E-state index contributed by atoms with van der Waals surface area (Å²) in [6.45, 7) is 5.61. The molecule has 1 amide bonds. The SMILES string of the molecule is C[C@H]1c2cccn2CCN1C(=O)[C@H]1CCCN(c2ccccn2)C1.